The minimum Gasteiger partial charge on any atom is -0.367 e. The Hall–Kier alpha value is -4.67. The van der Waals surface area contributed by atoms with Crippen molar-refractivity contribution in [3.63, 3.8) is 0 Å². The van der Waals surface area contributed by atoms with Gasteiger partial charge in [0.05, 0.1) is 0 Å². The Kier molecular flexibility index (Phi) is 5.19. The van der Waals surface area contributed by atoms with E-state index in [1.165, 1.54) is 6.33 Å². The average Bonchev–Trinajstić information content (AvgIpc) is 3.53. The molecule has 5 aromatic rings. The molecule has 0 fully saturated rings. The molecule has 0 atom stereocenters. The van der Waals surface area contributed by atoms with E-state index < -0.39 is 4.92 Å². The first-order valence-corrected chi connectivity index (χ1v) is 10.3. The Morgan fingerprint density at radius 2 is 1.91 bits per heavy atom. The van der Waals surface area contributed by atoms with Gasteiger partial charge in [0.2, 0.25) is 12.0 Å². The molecular formula is C22H19N9O2. The summed E-state index contributed by atoms with van der Waals surface area (Å²) in [5.74, 6) is 1.06. The molecule has 0 aliphatic rings. The van der Waals surface area contributed by atoms with Crippen LogP contribution in [0.1, 0.15) is 18.2 Å². The van der Waals surface area contributed by atoms with E-state index in [1.807, 2.05) is 61.5 Å². The van der Waals surface area contributed by atoms with Crippen molar-refractivity contribution in [1.82, 2.24) is 35.0 Å². The van der Waals surface area contributed by atoms with Crippen molar-refractivity contribution in [2.45, 2.75) is 19.9 Å². The summed E-state index contributed by atoms with van der Waals surface area (Å²) >= 11 is 0. The van der Waals surface area contributed by atoms with Crippen LogP contribution < -0.4 is 5.32 Å². The minimum atomic E-state index is -0.517. The molecule has 11 heteroatoms. The normalized spacial score (nSPS) is 11.1. The number of benzene rings is 2. The lowest BCUT2D eigenvalue weighted by molar-refractivity contribution is -0.387. The van der Waals surface area contributed by atoms with Crippen LogP contribution in [0.2, 0.25) is 0 Å². The summed E-state index contributed by atoms with van der Waals surface area (Å²) in [5.41, 5.74) is 5.01. The molecule has 0 aliphatic carbocycles. The van der Waals surface area contributed by atoms with E-state index in [1.54, 1.807) is 4.40 Å². The van der Waals surface area contributed by atoms with Gasteiger partial charge < -0.3 is 15.4 Å². The zero-order valence-corrected chi connectivity index (χ0v) is 17.6. The SMILES string of the molecule is CCc1cc(NCc2ccc(-c3ccccc3-c3nnn[nH]3)cc2)n2cnc([N+](=O)[O-])c2n1. The molecule has 0 bridgehead atoms. The fourth-order valence-corrected chi connectivity index (χ4v) is 3.66. The van der Waals surface area contributed by atoms with Gasteiger partial charge in [0.15, 0.2) is 5.82 Å². The van der Waals surface area contributed by atoms with Crippen LogP contribution in [0.5, 0.6) is 0 Å². The van der Waals surface area contributed by atoms with Gasteiger partial charge in [-0.1, -0.05) is 55.5 Å². The maximum Gasteiger partial charge on any atom is 0.409 e. The molecule has 2 aromatic carbocycles. The summed E-state index contributed by atoms with van der Waals surface area (Å²) in [6.07, 6.45) is 2.07. The van der Waals surface area contributed by atoms with Crippen LogP contribution in [0.25, 0.3) is 28.2 Å². The monoisotopic (exact) mass is 441 g/mol. The van der Waals surface area contributed by atoms with Crippen molar-refractivity contribution in [1.29, 1.82) is 0 Å². The molecule has 0 amide bonds. The Morgan fingerprint density at radius 1 is 1.12 bits per heavy atom. The number of nitro groups is 1. The van der Waals surface area contributed by atoms with Crippen molar-refractivity contribution in [3.8, 4) is 22.5 Å². The minimum absolute atomic E-state index is 0.232. The van der Waals surface area contributed by atoms with Crippen molar-refractivity contribution >= 4 is 17.3 Å². The molecule has 33 heavy (non-hydrogen) atoms. The highest BCUT2D eigenvalue weighted by Crippen LogP contribution is 2.30. The van der Waals surface area contributed by atoms with Gasteiger partial charge in [-0.2, -0.15) is 0 Å². The van der Waals surface area contributed by atoms with Gasteiger partial charge in [-0.3, -0.25) is 0 Å². The lowest BCUT2D eigenvalue weighted by Gasteiger charge is -2.11. The van der Waals surface area contributed by atoms with Crippen LogP contribution in [0, 0.1) is 10.1 Å². The number of nitrogens with zero attached hydrogens (tertiary/aromatic N) is 7. The molecule has 164 valence electrons. The van der Waals surface area contributed by atoms with E-state index in [9.17, 15) is 10.1 Å². The zero-order valence-electron chi connectivity index (χ0n) is 17.6. The molecule has 0 radical (unpaired) electrons. The van der Waals surface area contributed by atoms with Gasteiger partial charge in [-0.05, 0) is 43.4 Å². The highest BCUT2D eigenvalue weighted by molar-refractivity contribution is 5.80. The quantitative estimate of drug-likeness (QED) is 0.288. The third-order valence-electron chi connectivity index (χ3n) is 5.34. The van der Waals surface area contributed by atoms with Crippen molar-refractivity contribution in [2.24, 2.45) is 0 Å². The van der Waals surface area contributed by atoms with Crippen molar-refractivity contribution in [2.75, 3.05) is 5.32 Å². The predicted molar refractivity (Wildman–Crippen MR) is 121 cm³/mol. The first kappa shape index (κ1) is 20.2. The van der Waals surface area contributed by atoms with Crippen LogP contribution in [-0.4, -0.2) is 39.9 Å². The molecule has 11 nitrogen and oxygen atoms in total. The molecule has 0 spiro atoms. The summed E-state index contributed by atoms with van der Waals surface area (Å²) < 4.78 is 1.60. The Labute approximate surface area is 187 Å². The predicted octanol–water partition coefficient (Wildman–Crippen LogP) is 3.66. The van der Waals surface area contributed by atoms with Gasteiger partial charge in [0, 0.05) is 23.9 Å². The zero-order chi connectivity index (χ0) is 22.8. The molecule has 2 N–H and O–H groups in total. The van der Waals surface area contributed by atoms with Gasteiger partial charge in [0.25, 0.3) is 0 Å². The first-order valence-electron chi connectivity index (χ1n) is 10.3. The molecular weight excluding hydrogens is 422 g/mol. The van der Waals surface area contributed by atoms with Crippen LogP contribution in [-0.2, 0) is 13.0 Å². The van der Waals surface area contributed by atoms with E-state index in [-0.39, 0.29) is 11.5 Å². The number of aryl methyl sites for hydroxylation is 1. The van der Waals surface area contributed by atoms with E-state index >= 15 is 0 Å². The number of hydrogen-bond acceptors (Lipinski definition) is 8. The summed E-state index contributed by atoms with van der Waals surface area (Å²) in [6.45, 7) is 2.48. The number of aromatic nitrogens is 7. The molecule has 5 rings (SSSR count). The van der Waals surface area contributed by atoms with Gasteiger partial charge >= 0.3 is 5.82 Å². The second-order valence-electron chi connectivity index (χ2n) is 7.35. The number of fused-ring (bicyclic) bond motifs is 1. The smallest absolute Gasteiger partial charge is 0.367 e. The van der Waals surface area contributed by atoms with Crippen LogP contribution in [0.15, 0.2) is 60.9 Å². The highest BCUT2D eigenvalue weighted by Gasteiger charge is 2.20. The van der Waals surface area contributed by atoms with Crippen molar-refractivity contribution in [3.05, 3.63) is 82.3 Å². The number of imidazole rings is 1. The molecule has 3 heterocycles. The number of aromatic amines is 1. The van der Waals surface area contributed by atoms with Crippen LogP contribution in [0.3, 0.4) is 0 Å². The van der Waals surface area contributed by atoms with Crippen molar-refractivity contribution < 1.29 is 4.92 Å². The Morgan fingerprint density at radius 3 is 2.61 bits per heavy atom. The maximum atomic E-state index is 11.3. The highest BCUT2D eigenvalue weighted by atomic mass is 16.6. The number of rotatable bonds is 7. The molecule has 0 saturated carbocycles. The van der Waals surface area contributed by atoms with E-state index in [2.05, 4.69) is 35.9 Å². The fourth-order valence-electron chi connectivity index (χ4n) is 3.66. The van der Waals surface area contributed by atoms with E-state index in [0.29, 0.717) is 24.6 Å². The number of tetrazole rings is 1. The lowest BCUT2D eigenvalue weighted by atomic mass is 9.98. The van der Waals surface area contributed by atoms with E-state index in [4.69, 9.17) is 0 Å². The van der Waals surface area contributed by atoms with Gasteiger partial charge in [0.1, 0.15) is 5.82 Å². The number of nitrogens with one attached hydrogen (secondary N) is 2. The Bertz CT molecular complexity index is 1430. The molecule has 0 aliphatic heterocycles. The van der Waals surface area contributed by atoms with Gasteiger partial charge in [-0.25, -0.2) is 14.5 Å². The second kappa shape index (κ2) is 8.46. The molecule has 3 aromatic heterocycles. The number of H-pyrrole nitrogens is 1. The second-order valence-corrected chi connectivity index (χ2v) is 7.35. The summed E-state index contributed by atoms with van der Waals surface area (Å²) in [4.78, 5) is 19.0. The average molecular weight is 441 g/mol. The summed E-state index contributed by atoms with van der Waals surface area (Å²) in [7, 11) is 0. The number of anilines is 1. The third kappa shape index (κ3) is 3.87. The van der Waals surface area contributed by atoms with Crippen LogP contribution >= 0.6 is 0 Å². The topological polar surface area (TPSA) is 140 Å². The van der Waals surface area contributed by atoms with E-state index in [0.717, 1.165) is 27.9 Å². The Balaban J connectivity index is 1.40. The molecule has 0 unspecified atom stereocenters. The maximum absolute atomic E-state index is 11.3. The summed E-state index contributed by atoms with van der Waals surface area (Å²) in [6, 6.07) is 18.0. The number of hydrogen-bond donors (Lipinski definition) is 2. The fraction of sp³-hybridized carbons (Fsp3) is 0.136. The summed E-state index contributed by atoms with van der Waals surface area (Å²) in [5, 5.41) is 28.8. The standard InChI is InChI=1S/C22H19N9O2/c1-2-16-11-19(30-13-24-21(31(32)33)22(30)25-16)23-12-14-7-9-15(10-8-14)17-5-3-4-6-18(17)20-26-28-29-27-20/h3-11,13,23H,2,12H2,1H3,(H,26,27,28,29). The largest absolute Gasteiger partial charge is 0.409 e. The van der Waals surface area contributed by atoms with Crippen LogP contribution in [0.4, 0.5) is 11.6 Å². The van der Waals surface area contributed by atoms with Gasteiger partial charge in [-0.15, -0.1) is 5.10 Å². The first-order chi connectivity index (χ1) is 16.1. The third-order valence-corrected chi connectivity index (χ3v) is 5.34. The lowest BCUT2D eigenvalue weighted by Crippen LogP contribution is -2.06. The molecule has 0 saturated heterocycles.